The minimum Gasteiger partial charge on any atom is -0.507 e. The number of phenolic OH excluding ortho intramolecular Hbond substituents is 2. The van der Waals surface area contributed by atoms with Crippen molar-refractivity contribution in [2.45, 2.75) is 73.3 Å². The number of ketones is 1. The molecule has 0 aliphatic heterocycles. The molecule has 0 radical (unpaired) electrons. The van der Waals surface area contributed by atoms with E-state index in [0.29, 0.717) is 12.8 Å². The van der Waals surface area contributed by atoms with E-state index in [-0.39, 0.29) is 34.1 Å². The molecule has 2 aromatic rings. The fourth-order valence-corrected chi connectivity index (χ4v) is 3.53. The van der Waals surface area contributed by atoms with Crippen molar-refractivity contribution >= 4 is 16.8 Å². The van der Waals surface area contributed by atoms with Gasteiger partial charge in [0.15, 0.2) is 5.78 Å². The number of phenols is 2. The molecular formula is C26H34O6. The molecule has 6 heteroatoms. The zero-order valence-electron chi connectivity index (χ0n) is 19.8. The number of carbonyl (C=O) groups is 1. The molecule has 0 fully saturated rings. The summed E-state index contributed by atoms with van der Waals surface area (Å²) >= 11 is 0. The summed E-state index contributed by atoms with van der Waals surface area (Å²) in [6.07, 6.45) is 4.68. The van der Waals surface area contributed by atoms with Gasteiger partial charge >= 0.3 is 5.63 Å². The third kappa shape index (κ3) is 5.30. The van der Waals surface area contributed by atoms with Gasteiger partial charge < -0.3 is 19.7 Å². The lowest BCUT2D eigenvalue weighted by molar-refractivity contribution is 0.0921. The van der Waals surface area contributed by atoms with Crippen LogP contribution in [0, 0.1) is 5.92 Å². The van der Waals surface area contributed by atoms with Gasteiger partial charge in [-0.05, 0) is 46.5 Å². The zero-order chi connectivity index (χ0) is 24.2. The highest BCUT2D eigenvalue weighted by atomic mass is 16.4. The molecule has 0 bridgehead atoms. The maximum absolute atomic E-state index is 13.0. The van der Waals surface area contributed by atoms with Gasteiger partial charge in [-0.15, -0.1) is 0 Å². The Morgan fingerprint density at radius 1 is 1.09 bits per heavy atom. The number of Topliss-reactive ketones (excluding diaryl/α,β-unsaturated/α-hetero) is 1. The molecule has 2 atom stereocenters. The second-order valence-electron chi connectivity index (χ2n) is 8.61. The molecule has 1 heterocycles. The Kier molecular flexibility index (Phi) is 8.44. The van der Waals surface area contributed by atoms with Gasteiger partial charge in [-0.2, -0.15) is 0 Å². The Labute approximate surface area is 188 Å². The number of allylic oxidation sites excluding steroid dienone is 4. The normalized spacial score (nSPS) is 13.8. The number of fused-ring (bicyclic) bond motifs is 1. The van der Waals surface area contributed by atoms with E-state index in [1.54, 1.807) is 13.8 Å². The zero-order valence-corrected chi connectivity index (χ0v) is 19.8. The van der Waals surface area contributed by atoms with E-state index in [1.807, 2.05) is 33.8 Å². The van der Waals surface area contributed by atoms with Gasteiger partial charge in [0, 0.05) is 23.1 Å². The highest BCUT2D eigenvalue weighted by Gasteiger charge is 2.30. The van der Waals surface area contributed by atoms with Crippen LogP contribution >= 0.6 is 0 Å². The minimum absolute atomic E-state index is 0.0121. The first-order valence-electron chi connectivity index (χ1n) is 11.1. The number of aliphatic hydroxyl groups is 1. The van der Waals surface area contributed by atoms with Gasteiger partial charge in [-0.25, -0.2) is 4.79 Å². The number of aromatic hydroxyl groups is 2. The molecule has 1 aromatic heterocycles. The van der Waals surface area contributed by atoms with Crippen molar-refractivity contribution in [2.24, 2.45) is 5.92 Å². The molecule has 174 valence electrons. The van der Waals surface area contributed by atoms with Crippen molar-refractivity contribution < 1.29 is 24.5 Å². The fraction of sp³-hybridized carbons (Fsp3) is 0.462. The molecule has 1 unspecified atom stereocenters. The third-order valence-electron chi connectivity index (χ3n) is 5.80. The van der Waals surface area contributed by atoms with Crippen molar-refractivity contribution in [1.82, 2.24) is 0 Å². The maximum atomic E-state index is 13.0. The van der Waals surface area contributed by atoms with Crippen LogP contribution in [0.4, 0.5) is 0 Å². The smallest absolute Gasteiger partial charge is 0.336 e. The topological polar surface area (TPSA) is 108 Å². The van der Waals surface area contributed by atoms with Crippen LogP contribution in [0.15, 0.2) is 38.6 Å². The summed E-state index contributed by atoms with van der Waals surface area (Å²) in [5.74, 6) is -1.69. The quantitative estimate of drug-likeness (QED) is 0.260. The van der Waals surface area contributed by atoms with Gasteiger partial charge in [0.25, 0.3) is 0 Å². The average Bonchev–Trinajstić information content (AvgIpc) is 2.75. The number of aliphatic hydroxyl groups excluding tert-OH is 1. The van der Waals surface area contributed by atoms with E-state index in [4.69, 9.17) is 4.42 Å². The van der Waals surface area contributed by atoms with Gasteiger partial charge in [-0.3, -0.25) is 4.79 Å². The molecule has 2 rings (SSSR count). The summed E-state index contributed by atoms with van der Waals surface area (Å²) in [5, 5.41) is 32.7. The summed E-state index contributed by atoms with van der Waals surface area (Å²) < 4.78 is 5.40. The van der Waals surface area contributed by atoms with Crippen LogP contribution < -0.4 is 5.63 Å². The van der Waals surface area contributed by atoms with Crippen molar-refractivity contribution in [3.05, 3.63) is 56.5 Å². The van der Waals surface area contributed by atoms with Crippen LogP contribution in [0.1, 0.15) is 88.4 Å². The van der Waals surface area contributed by atoms with E-state index in [1.165, 1.54) is 5.57 Å². The first-order chi connectivity index (χ1) is 15.0. The van der Waals surface area contributed by atoms with Crippen molar-refractivity contribution in [3.8, 4) is 11.5 Å². The molecule has 0 saturated heterocycles. The molecule has 6 nitrogen and oxygen atoms in total. The summed E-state index contributed by atoms with van der Waals surface area (Å²) in [4.78, 5) is 25.3. The molecular weight excluding hydrogens is 408 g/mol. The van der Waals surface area contributed by atoms with Gasteiger partial charge in [0.2, 0.25) is 0 Å². The molecule has 0 aliphatic rings. The number of hydrogen-bond donors (Lipinski definition) is 3. The molecule has 32 heavy (non-hydrogen) atoms. The average molecular weight is 443 g/mol. The summed E-state index contributed by atoms with van der Waals surface area (Å²) in [6, 6.07) is 1.13. The van der Waals surface area contributed by atoms with Crippen molar-refractivity contribution in [1.29, 1.82) is 0 Å². The SMILES string of the molecule is CCC(C)C(=O)c1c(O)c(C/C=C(\C)CC=C(C)C)c2oc(=O)cc([C@@H](O)CC)c2c1O. The molecule has 3 N–H and O–H groups in total. The first kappa shape index (κ1) is 25.4. The van der Waals surface area contributed by atoms with Crippen LogP contribution in [0.3, 0.4) is 0 Å². The summed E-state index contributed by atoms with van der Waals surface area (Å²) in [6.45, 7) is 11.3. The maximum Gasteiger partial charge on any atom is 0.336 e. The first-order valence-corrected chi connectivity index (χ1v) is 11.1. The lowest BCUT2D eigenvalue weighted by atomic mass is 9.89. The predicted molar refractivity (Wildman–Crippen MR) is 126 cm³/mol. The van der Waals surface area contributed by atoms with E-state index in [2.05, 4.69) is 6.08 Å². The molecule has 1 aromatic carbocycles. The standard InChI is InChI=1S/C26H34O6/c1-7-16(6)23(29)22-24(30)17(12-11-15(5)10-9-14(3)4)26-21(25(22)31)18(19(27)8-2)13-20(28)32-26/h9,11,13,16,19,27,30-31H,7-8,10,12H2,1-6H3/b15-11+/t16?,19-/m0/s1. The van der Waals surface area contributed by atoms with Gasteiger partial charge in [-0.1, -0.05) is 44.1 Å². The lowest BCUT2D eigenvalue weighted by Crippen LogP contribution is -2.13. The van der Waals surface area contributed by atoms with Crippen molar-refractivity contribution in [3.63, 3.8) is 0 Å². The Balaban J connectivity index is 2.87. The van der Waals surface area contributed by atoms with E-state index in [9.17, 15) is 24.9 Å². The number of carbonyl (C=O) groups excluding carboxylic acids is 1. The number of rotatable bonds is 9. The number of benzene rings is 1. The van der Waals surface area contributed by atoms with Crippen LogP contribution in [0.2, 0.25) is 0 Å². The Morgan fingerprint density at radius 3 is 2.31 bits per heavy atom. The Bertz CT molecular complexity index is 1120. The summed E-state index contributed by atoms with van der Waals surface area (Å²) in [7, 11) is 0. The third-order valence-corrected chi connectivity index (χ3v) is 5.80. The number of hydrogen-bond acceptors (Lipinski definition) is 6. The minimum atomic E-state index is -1.04. The van der Waals surface area contributed by atoms with E-state index < -0.39 is 34.9 Å². The molecule has 0 saturated carbocycles. The second kappa shape index (κ2) is 10.6. The predicted octanol–water partition coefficient (Wildman–Crippen LogP) is 5.72. The molecule has 0 spiro atoms. The highest BCUT2D eigenvalue weighted by Crippen LogP contribution is 2.44. The summed E-state index contributed by atoms with van der Waals surface area (Å²) in [5.41, 5.74) is 1.73. The molecule has 0 aliphatic carbocycles. The van der Waals surface area contributed by atoms with Crippen LogP contribution in [-0.2, 0) is 6.42 Å². The monoisotopic (exact) mass is 442 g/mol. The molecule has 0 amide bonds. The van der Waals surface area contributed by atoms with E-state index >= 15 is 0 Å². The van der Waals surface area contributed by atoms with Crippen LogP contribution in [-0.4, -0.2) is 21.1 Å². The van der Waals surface area contributed by atoms with E-state index in [0.717, 1.165) is 18.1 Å². The Hall–Kier alpha value is -2.86. The van der Waals surface area contributed by atoms with Gasteiger partial charge in [0.1, 0.15) is 22.6 Å². The lowest BCUT2D eigenvalue weighted by Gasteiger charge is -2.19. The van der Waals surface area contributed by atoms with Crippen molar-refractivity contribution in [2.75, 3.05) is 0 Å². The van der Waals surface area contributed by atoms with Crippen LogP contribution in [0.5, 0.6) is 11.5 Å². The van der Waals surface area contributed by atoms with Gasteiger partial charge in [0.05, 0.1) is 11.5 Å². The second-order valence-corrected chi connectivity index (χ2v) is 8.61. The van der Waals surface area contributed by atoms with Crippen LogP contribution in [0.25, 0.3) is 11.0 Å². The Morgan fingerprint density at radius 2 is 1.75 bits per heavy atom. The fourth-order valence-electron chi connectivity index (χ4n) is 3.53. The highest BCUT2D eigenvalue weighted by molar-refractivity contribution is 6.09. The largest absolute Gasteiger partial charge is 0.507 e.